The van der Waals surface area contributed by atoms with E-state index in [4.69, 9.17) is 9.59 Å². The van der Waals surface area contributed by atoms with E-state index in [1.807, 2.05) is 6.07 Å². The van der Waals surface area contributed by atoms with E-state index in [1.165, 1.54) is 41.1 Å². The summed E-state index contributed by atoms with van der Waals surface area (Å²) < 4.78 is 0. The van der Waals surface area contributed by atoms with Crippen LogP contribution in [0, 0.1) is 0 Å². The Labute approximate surface area is 151 Å². The number of nitrogens with zero attached hydrogens (tertiary/aromatic N) is 1. The van der Waals surface area contributed by atoms with Crippen LogP contribution in [-0.4, -0.2) is 24.7 Å². The van der Waals surface area contributed by atoms with Crippen molar-refractivity contribution in [1.82, 2.24) is 0 Å². The first-order chi connectivity index (χ1) is 12.2. The molecule has 1 heterocycles. The lowest BCUT2D eigenvalue weighted by atomic mass is 9.96. The van der Waals surface area contributed by atoms with Crippen molar-refractivity contribution in [1.29, 1.82) is 0 Å². The Hall–Kier alpha value is -2.36. The first-order valence-electron chi connectivity index (χ1n) is 8.25. The fourth-order valence-corrected chi connectivity index (χ4v) is 4.44. The molecule has 2 aliphatic rings. The van der Waals surface area contributed by atoms with Gasteiger partial charge in [-0.15, -0.1) is 11.8 Å². The molecule has 2 atom stereocenters. The van der Waals surface area contributed by atoms with Gasteiger partial charge in [-0.25, -0.2) is 0 Å². The van der Waals surface area contributed by atoms with E-state index in [1.54, 1.807) is 11.8 Å². The summed E-state index contributed by atoms with van der Waals surface area (Å²) in [7, 11) is 0. The van der Waals surface area contributed by atoms with E-state index >= 15 is 0 Å². The maximum Gasteiger partial charge on any atom is 0.373 e. The topological polar surface area (TPSA) is 54.5 Å². The van der Waals surface area contributed by atoms with Gasteiger partial charge in [-0.3, -0.25) is 4.79 Å². The van der Waals surface area contributed by atoms with E-state index < -0.39 is 0 Å². The summed E-state index contributed by atoms with van der Waals surface area (Å²) in [5.41, 5.74) is 4.72. The van der Waals surface area contributed by atoms with E-state index in [9.17, 15) is 4.79 Å². The van der Waals surface area contributed by atoms with Crippen molar-refractivity contribution in [2.45, 2.75) is 36.1 Å². The highest BCUT2D eigenvalue weighted by molar-refractivity contribution is 7.98. The molecular weight excluding hydrogens is 334 g/mol. The third-order valence-corrected chi connectivity index (χ3v) is 5.75. The Bertz CT molecular complexity index is 797. The predicted molar refractivity (Wildman–Crippen MR) is 97.6 cm³/mol. The molecule has 4 nitrogen and oxygen atoms in total. The average molecular weight is 353 g/mol. The number of hydrogen-bond donors (Lipinski definition) is 0. The van der Waals surface area contributed by atoms with Crippen molar-refractivity contribution in [3.63, 3.8) is 0 Å². The molecule has 0 aromatic heterocycles. The van der Waals surface area contributed by atoms with Crippen molar-refractivity contribution in [2.75, 3.05) is 11.2 Å². The zero-order chi connectivity index (χ0) is 17.8. The molecular formula is C20H19NO3S. The van der Waals surface area contributed by atoms with Crippen molar-refractivity contribution >= 4 is 35.6 Å². The van der Waals surface area contributed by atoms with Crippen LogP contribution in [0.3, 0.4) is 0 Å². The van der Waals surface area contributed by atoms with Crippen molar-refractivity contribution < 1.29 is 14.4 Å². The second-order valence-corrected chi connectivity index (χ2v) is 7.07. The number of aldehydes is 1. The molecule has 0 amide bonds. The second-order valence-electron chi connectivity index (χ2n) is 6.19. The van der Waals surface area contributed by atoms with Crippen LogP contribution in [0.4, 0.5) is 11.4 Å². The van der Waals surface area contributed by atoms with Gasteiger partial charge in [0.15, 0.2) is 0 Å². The summed E-state index contributed by atoms with van der Waals surface area (Å²) in [6, 6.07) is 15.6. The Kier molecular flexibility index (Phi) is 5.37. The molecule has 5 heteroatoms. The molecule has 1 aliphatic heterocycles. The third kappa shape index (κ3) is 3.26. The highest BCUT2D eigenvalue weighted by Gasteiger charge is 2.42. The minimum Gasteiger partial charge on any atom is -0.338 e. The molecule has 128 valence electrons. The lowest BCUT2D eigenvalue weighted by molar-refractivity contribution is -0.191. The Balaban J connectivity index is 0.000000569. The van der Waals surface area contributed by atoms with Gasteiger partial charge in [0.25, 0.3) is 0 Å². The van der Waals surface area contributed by atoms with Crippen LogP contribution in [0.15, 0.2) is 47.4 Å². The molecule has 2 aromatic carbocycles. The lowest BCUT2D eigenvalue weighted by Gasteiger charge is -2.27. The zero-order valence-corrected chi connectivity index (χ0v) is 14.8. The molecule has 2 unspecified atom stereocenters. The fourth-order valence-electron chi connectivity index (χ4n) is 4.03. The second kappa shape index (κ2) is 7.68. The molecule has 0 bridgehead atoms. The van der Waals surface area contributed by atoms with Gasteiger partial charge in [-0.1, -0.05) is 6.42 Å². The SMILES string of the molecule is CSc1ccc(N2c3ccc(C=O)cc3C3CCCC32)cc1.O=C=O. The van der Waals surface area contributed by atoms with Crippen LogP contribution in [-0.2, 0) is 9.59 Å². The number of carbonyl (C=O) groups is 1. The molecule has 0 spiro atoms. The van der Waals surface area contributed by atoms with Gasteiger partial charge < -0.3 is 4.90 Å². The van der Waals surface area contributed by atoms with Crippen LogP contribution in [0.25, 0.3) is 0 Å². The van der Waals surface area contributed by atoms with Crippen LogP contribution in [0.2, 0.25) is 0 Å². The maximum atomic E-state index is 11.1. The summed E-state index contributed by atoms with van der Waals surface area (Å²) in [4.78, 5) is 31.1. The summed E-state index contributed by atoms with van der Waals surface area (Å²) in [6.07, 6.45) is 7.06. The number of fused-ring (bicyclic) bond motifs is 3. The Morgan fingerprint density at radius 1 is 1.12 bits per heavy atom. The van der Waals surface area contributed by atoms with Crippen molar-refractivity contribution in [3.8, 4) is 0 Å². The monoisotopic (exact) mass is 353 g/mol. The molecule has 25 heavy (non-hydrogen) atoms. The minimum absolute atomic E-state index is 0.250. The highest BCUT2D eigenvalue weighted by atomic mass is 32.2. The predicted octanol–water partition coefficient (Wildman–Crippen LogP) is 4.43. The fraction of sp³-hybridized carbons (Fsp3) is 0.300. The molecule has 4 rings (SSSR count). The van der Waals surface area contributed by atoms with Gasteiger partial charge >= 0.3 is 6.15 Å². The molecule has 1 fully saturated rings. The highest BCUT2D eigenvalue weighted by Crippen LogP contribution is 2.52. The summed E-state index contributed by atoms with van der Waals surface area (Å²) in [5, 5.41) is 0. The number of benzene rings is 2. The largest absolute Gasteiger partial charge is 0.373 e. The third-order valence-electron chi connectivity index (χ3n) is 5.01. The number of carbonyl (C=O) groups excluding carboxylic acids is 3. The smallest absolute Gasteiger partial charge is 0.338 e. The maximum absolute atomic E-state index is 11.1. The van der Waals surface area contributed by atoms with E-state index in [0.717, 1.165) is 11.8 Å². The van der Waals surface area contributed by atoms with E-state index in [0.29, 0.717) is 12.0 Å². The first-order valence-corrected chi connectivity index (χ1v) is 9.47. The van der Waals surface area contributed by atoms with Gasteiger partial charge in [0.05, 0.1) is 0 Å². The summed E-state index contributed by atoms with van der Waals surface area (Å²) in [6.45, 7) is 0. The van der Waals surface area contributed by atoms with Gasteiger partial charge in [0.2, 0.25) is 0 Å². The van der Waals surface area contributed by atoms with Crippen molar-refractivity contribution in [2.24, 2.45) is 0 Å². The number of anilines is 2. The van der Waals surface area contributed by atoms with Crippen LogP contribution in [0.1, 0.15) is 41.1 Å². The molecule has 0 saturated heterocycles. The van der Waals surface area contributed by atoms with Crippen LogP contribution < -0.4 is 4.90 Å². The first kappa shape index (κ1) is 17.5. The van der Waals surface area contributed by atoms with E-state index in [-0.39, 0.29) is 6.15 Å². The summed E-state index contributed by atoms with van der Waals surface area (Å²) >= 11 is 1.77. The van der Waals surface area contributed by atoms with Crippen LogP contribution in [0.5, 0.6) is 0 Å². The zero-order valence-electron chi connectivity index (χ0n) is 14.0. The van der Waals surface area contributed by atoms with Gasteiger partial charge in [0.1, 0.15) is 6.29 Å². The average Bonchev–Trinajstić information content (AvgIpc) is 3.23. The molecule has 1 aliphatic carbocycles. The normalized spacial score (nSPS) is 20.1. The minimum atomic E-state index is 0.250. The summed E-state index contributed by atoms with van der Waals surface area (Å²) in [5.74, 6) is 0.579. The van der Waals surface area contributed by atoms with Crippen molar-refractivity contribution in [3.05, 3.63) is 53.6 Å². The quantitative estimate of drug-likeness (QED) is 0.604. The standard InChI is InChI=1S/C19H19NOS.CO2/c1-22-15-8-6-14(7-9-15)20-18-4-2-3-16(18)17-11-13(12-21)5-10-19(17)20;2-1-3/h5-12,16,18H,2-4H2,1H3;. The number of hydrogen-bond acceptors (Lipinski definition) is 5. The molecule has 0 N–H and O–H groups in total. The van der Waals surface area contributed by atoms with Crippen LogP contribution >= 0.6 is 11.8 Å². The van der Waals surface area contributed by atoms with E-state index in [2.05, 4.69) is 47.6 Å². The van der Waals surface area contributed by atoms with Gasteiger partial charge in [0, 0.05) is 33.8 Å². The number of thioether (sulfide) groups is 1. The van der Waals surface area contributed by atoms with Gasteiger partial charge in [-0.2, -0.15) is 9.59 Å². The molecule has 0 radical (unpaired) electrons. The lowest BCUT2D eigenvalue weighted by Crippen LogP contribution is -2.26. The van der Waals surface area contributed by atoms with Gasteiger partial charge in [-0.05, 0) is 67.1 Å². The number of rotatable bonds is 3. The Morgan fingerprint density at radius 3 is 2.48 bits per heavy atom. The molecule has 2 aromatic rings. The molecule has 1 saturated carbocycles. The Morgan fingerprint density at radius 2 is 1.84 bits per heavy atom.